The number of benzene rings is 1. The van der Waals surface area contributed by atoms with Crippen molar-refractivity contribution in [1.29, 1.82) is 0 Å². The van der Waals surface area contributed by atoms with Gasteiger partial charge in [0.05, 0.1) is 13.2 Å². The van der Waals surface area contributed by atoms with Gasteiger partial charge < -0.3 is 10.1 Å². The van der Waals surface area contributed by atoms with E-state index in [4.69, 9.17) is 4.74 Å². The molecule has 0 amide bonds. The van der Waals surface area contributed by atoms with Crippen molar-refractivity contribution in [3.8, 4) is 0 Å². The Balaban J connectivity index is 1.90. The van der Waals surface area contributed by atoms with Gasteiger partial charge in [0.2, 0.25) is 0 Å². The van der Waals surface area contributed by atoms with E-state index in [2.05, 4.69) is 41.4 Å². The monoisotopic (exact) mass is 234 g/mol. The van der Waals surface area contributed by atoms with Gasteiger partial charge in [-0.3, -0.25) is 4.90 Å². The van der Waals surface area contributed by atoms with E-state index in [1.807, 2.05) is 0 Å². The molecule has 17 heavy (non-hydrogen) atoms. The highest BCUT2D eigenvalue weighted by atomic mass is 16.5. The summed E-state index contributed by atoms with van der Waals surface area (Å²) in [7, 11) is 0. The predicted octanol–water partition coefficient (Wildman–Crippen LogP) is 2.34. The van der Waals surface area contributed by atoms with E-state index in [0.29, 0.717) is 0 Å². The molecule has 3 heteroatoms. The molecule has 1 N–H and O–H groups in total. The van der Waals surface area contributed by atoms with E-state index < -0.39 is 0 Å². The normalized spacial score (nSPS) is 17.0. The van der Waals surface area contributed by atoms with E-state index in [1.165, 1.54) is 11.3 Å². The minimum Gasteiger partial charge on any atom is -0.385 e. The molecule has 0 unspecified atom stereocenters. The number of ether oxygens (including phenoxy) is 1. The lowest BCUT2D eigenvalue weighted by atomic mass is 10.2. The summed E-state index contributed by atoms with van der Waals surface area (Å²) in [6.07, 6.45) is 1.16. The lowest BCUT2D eigenvalue weighted by Gasteiger charge is -2.26. The van der Waals surface area contributed by atoms with Crippen molar-refractivity contribution in [2.75, 3.05) is 38.2 Å². The first-order chi connectivity index (χ1) is 8.38. The second-order valence-electron chi connectivity index (χ2n) is 4.52. The highest BCUT2D eigenvalue weighted by Gasteiger charge is 2.10. The van der Waals surface area contributed by atoms with Crippen molar-refractivity contribution in [3.63, 3.8) is 0 Å². The number of anilines is 1. The zero-order valence-corrected chi connectivity index (χ0v) is 10.6. The van der Waals surface area contributed by atoms with Crippen LogP contribution in [0.25, 0.3) is 0 Å². The quantitative estimate of drug-likeness (QED) is 0.846. The van der Waals surface area contributed by atoms with Gasteiger partial charge in [-0.15, -0.1) is 0 Å². The Hall–Kier alpha value is -1.06. The molecule has 1 fully saturated rings. The summed E-state index contributed by atoms with van der Waals surface area (Å²) in [6.45, 7) is 8.09. The number of rotatable bonds is 5. The van der Waals surface area contributed by atoms with Gasteiger partial charge in [0.25, 0.3) is 0 Å². The van der Waals surface area contributed by atoms with Crippen LogP contribution in [0.3, 0.4) is 0 Å². The molecule has 0 saturated carbocycles. The van der Waals surface area contributed by atoms with Gasteiger partial charge in [-0.05, 0) is 24.1 Å². The van der Waals surface area contributed by atoms with Gasteiger partial charge in [-0.2, -0.15) is 0 Å². The van der Waals surface area contributed by atoms with Crippen molar-refractivity contribution < 1.29 is 4.74 Å². The van der Waals surface area contributed by atoms with Crippen molar-refractivity contribution in [2.24, 2.45) is 0 Å². The largest absolute Gasteiger partial charge is 0.385 e. The SMILES string of the molecule is CCCNc1cccc(CN2CCOCC2)c1. The van der Waals surface area contributed by atoms with E-state index >= 15 is 0 Å². The Morgan fingerprint density at radius 3 is 2.88 bits per heavy atom. The Morgan fingerprint density at radius 1 is 1.29 bits per heavy atom. The summed E-state index contributed by atoms with van der Waals surface area (Å²) in [5.74, 6) is 0. The molecule has 1 aromatic rings. The van der Waals surface area contributed by atoms with Gasteiger partial charge >= 0.3 is 0 Å². The standard InChI is InChI=1S/C14H22N2O/c1-2-6-15-14-5-3-4-13(11-14)12-16-7-9-17-10-8-16/h3-5,11,15H,2,6-10,12H2,1H3. The zero-order valence-electron chi connectivity index (χ0n) is 10.6. The summed E-state index contributed by atoms with van der Waals surface area (Å²) in [6, 6.07) is 8.73. The Bertz CT molecular complexity index is 335. The van der Waals surface area contributed by atoms with Crippen LogP contribution in [0.5, 0.6) is 0 Å². The van der Waals surface area contributed by atoms with Crippen molar-refractivity contribution in [3.05, 3.63) is 29.8 Å². The van der Waals surface area contributed by atoms with Crippen LogP contribution < -0.4 is 5.32 Å². The van der Waals surface area contributed by atoms with Crippen LogP contribution in [0.15, 0.2) is 24.3 Å². The number of hydrogen-bond acceptors (Lipinski definition) is 3. The molecule has 3 nitrogen and oxygen atoms in total. The Morgan fingerprint density at radius 2 is 2.12 bits per heavy atom. The summed E-state index contributed by atoms with van der Waals surface area (Å²) in [5, 5.41) is 3.43. The van der Waals surface area contributed by atoms with Gasteiger partial charge in [-0.1, -0.05) is 19.1 Å². The second kappa shape index (κ2) is 6.62. The van der Waals surface area contributed by atoms with Gasteiger partial charge in [0.1, 0.15) is 0 Å². The maximum Gasteiger partial charge on any atom is 0.0594 e. The molecule has 0 bridgehead atoms. The molecule has 0 aliphatic carbocycles. The number of hydrogen-bond donors (Lipinski definition) is 1. The third-order valence-electron chi connectivity index (χ3n) is 3.02. The molecular formula is C14H22N2O. The summed E-state index contributed by atoms with van der Waals surface area (Å²) in [5.41, 5.74) is 2.62. The third-order valence-corrected chi connectivity index (χ3v) is 3.02. The van der Waals surface area contributed by atoms with Crippen LogP contribution in [0.2, 0.25) is 0 Å². The molecule has 2 rings (SSSR count). The lowest BCUT2D eigenvalue weighted by molar-refractivity contribution is 0.0342. The molecule has 0 atom stereocenters. The molecule has 1 heterocycles. The number of nitrogens with one attached hydrogen (secondary N) is 1. The van der Waals surface area contributed by atoms with Crippen LogP contribution in [-0.4, -0.2) is 37.7 Å². The first kappa shape index (κ1) is 12.4. The van der Waals surface area contributed by atoms with E-state index in [0.717, 1.165) is 45.8 Å². The molecule has 1 aromatic carbocycles. The zero-order chi connectivity index (χ0) is 11.9. The van der Waals surface area contributed by atoms with Crippen LogP contribution in [0.1, 0.15) is 18.9 Å². The van der Waals surface area contributed by atoms with Crippen molar-refractivity contribution in [1.82, 2.24) is 4.90 Å². The fourth-order valence-electron chi connectivity index (χ4n) is 2.07. The fourth-order valence-corrected chi connectivity index (χ4v) is 2.07. The molecule has 0 aromatic heterocycles. The molecule has 1 aliphatic heterocycles. The van der Waals surface area contributed by atoms with E-state index in [1.54, 1.807) is 0 Å². The van der Waals surface area contributed by atoms with Gasteiger partial charge in [-0.25, -0.2) is 0 Å². The van der Waals surface area contributed by atoms with Gasteiger partial charge in [0, 0.05) is 31.9 Å². The summed E-state index contributed by atoms with van der Waals surface area (Å²) < 4.78 is 5.36. The molecule has 1 aliphatic rings. The van der Waals surface area contributed by atoms with Crippen molar-refractivity contribution in [2.45, 2.75) is 19.9 Å². The smallest absolute Gasteiger partial charge is 0.0594 e. The number of morpholine rings is 1. The second-order valence-corrected chi connectivity index (χ2v) is 4.52. The Kier molecular flexibility index (Phi) is 4.83. The minimum atomic E-state index is 0.869. The maximum absolute atomic E-state index is 5.36. The topological polar surface area (TPSA) is 24.5 Å². The molecule has 1 saturated heterocycles. The Labute approximate surface area is 104 Å². The lowest BCUT2D eigenvalue weighted by Crippen LogP contribution is -2.35. The number of nitrogens with zero attached hydrogens (tertiary/aromatic N) is 1. The predicted molar refractivity (Wildman–Crippen MR) is 71.3 cm³/mol. The highest BCUT2D eigenvalue weighted by Crippen LogP contribution is 2.13. The van der Waals surface area contributed by atoms with Crippen LogP contribution >= 0.6 is 0 Å². The molecular weight excluding hydrogens is 212 g/mol. The average Bonchev–Trinajstić information content (AvgIpc) is 2.38. The van der Waals surface area contributed by atoms with E-state index in [-0.39, 0.29) is 0 Å². The molecule has 0 radical (unpaired) electrons. The summed E-state index contributed by atoms with van der Waals surface area (Å²) in [4.78, 5) is 2.45. The minimum absolute atomic E-state index is 0.869. The molecule has 94 valence electrons. The highest BCUT2D eigenvalue weighted by molar-refractivity contribution is 5.45. The first-order valence-corrected chi connectivity index (χ1v) is 6.51. The third kappa shape index (κ3) is 4.02. The fraction of sp³-hybridized carbons (Fsp3) is 0.571. The molecule has 0 spiro atoms. The van der Waals surface area contributed by atoms with Crippen molar-refractivity contribution >= 4 is 5.69 Å². The maximum atomic E-state index is 5.36. The van der Waals surface area contributed by atoms with Gasteiger partial charge in [0.15, 0.2) is 0 Å². The van der Waals surface area contributed by atoms with Crippen LogP contribution in [-0.2, 0) is 11.3 Å². The van der Waals surface area contributed by atoms with Crippen LogP contribution in [0, 0.1) is 0 Å². The first-order valence-electron chi connectivity index (χ1n) is 6.51. The van der Waals surface area contributed by atoms with E-state index in [9.17, 15) is 0 Å². The average molecular weight is 234 g/mol. The van der Waals surface area contributed by atoms with Crippen LogP contribution in [0.4, 0.5) is 5.69 Å². The summed E-state index contributed by atoms with van der Waals surface area (Å²) >= 11 is 0.